The largest absolute Gasteiger partial charge is 0.299 e. The number of hydrogen-bond acceptors (Lipinski definition) is 1. The van der Waals surface area contributed by atoms with Gasteiger partial charge in [0.15, 0.2) is 0 Å². The number of carbonyl (C=O) groups is 1. The second kappa shape index (κ2) is 2.69. The van der Waals surface area contributed by atoms with Crippen LogP contribution in [0.15, 0.2) is 0 Å². The minimum absolute atomic E-state index is 0.000278. The molecule has 0 spiro atoms. The summed E-state index contributed by atoms with van der Waals surface area (Å²) in [6.45, 7) is 11.3. The molecule has 1 fully saturated rings. The molecule has 1 atom stereocenters. The highest BCUT2D eigenvalue weighted by Gasteiger charge is 2.48. The SMILES string of the molecule is CC1(C)C(=O)CC1C[Si](C)(C)C. The van der Waals surface area contributed by atoms with Gasteiger partial charge in [-0.25, -0.2) is 0 Å². The van der Waals surface area contributed by atoms with E-state index >= 15 is 0 Å². The number of hydrogen-bond donors (Lipinski definition) is 0. The predicted molar refractivity (Wildman–Crippen MR) is 55.0 cm³/mol. The Kier molecular flexibility index (Phi) is 2.24. The molecule has 1 nitrogen and oxygen atoms in total. The lowest BCUT2D eigenvalue weighted by molar-refractivity contribution is -0.141. The standard InChI is InChI=1S/C10H20OSi/c1-10(2)8(6-9(10)11)7-12(3,4)5/h8H,6-7H2,1-5H3. The lowest BCUT2D eigenvalue weighted by atomic mass is 9.62. The Morgan fingerprint density at radius 1 is 1.42 bits per heavy atom. The highest BCUT2D eigenvalue weighted by Crippen LogP contribution is 2.46. The van der Waals surface area contributed by atoms with Gasteiger partial charge in [0.05, 0.1) is 0 Å². The van der Waals surface area contributed by atoms with Gasteiger partial charge in [0, 0.05) is 19.9 Å². The van der Waals surface area contributed by atoms with Crippen molar-refractivity contribution in [1.82, 2.24) is 0 Å². The van der Waals surface area contributed by atoms with Crippen LogP contribution in [-0.2, 0) is 4.79 Å². The predicted octanol–water partition coefficient (Wildman–Crippen LogP) is 2.94. The maximum absolute atomic E-state index is 11.3. The van der Waals surface area contributed by atoms with Gasteiger partial charge in [0.1, 0.15) is 5.78 Å². The van der Waals surface area contributed by atoms with Crippen molar-refractivity contribution in [2.45, 2.75) is 46.0 Å². The van der Waals surface area contributed by atoms with E-state index in [-0.39, 0.29) is 5.41 Å². The molecule has 0 aromatic heterocycles. The Labute approximate surface area is 76.6 Å². The summed E-state index contributed by atoms with van der Waals surface area (Å²) in [7, 11) is -0.961. The Hall–Kier alpha value is -0.113. The van der Waals surface area contributed by atoms with E-state index in [1.165, 1.54) is 6.04 Å². The van der Waals surface area contributed by atoms with E-state index in [0.29, 0.717) is 11.7 Å². The van der Waals surface area contributed by atoms with Crippen LogP contribution in [-0.4, -0.2) is 13.9 Å². The second-order valence-electron chi connectivity index (χ2n) is 5.81. The Morgan fingerprint density at radius 2 is 1.92 bits per heavy atom. The molecule has 0 bridgehead atoms. The number of Topliss-reactive ketones (excluding diaryl/α,β-unsaturated/α-hetero) is 1. The number of carbonyl (C=O) groups excluding carboxylic acids is 1. The van der Waals surface area contributed by atoms with Crippen molar-refractivity contribution in [3.05, 3.63) is 0 Å². The van der Waals surface area contributed by atoms with E-state index in [9.17, 15) is 4.79 Å². The molecule has 1 saturated carbocycles. The average Bonchev–Trinajstić information content (AvgIpc) is 1.84. The van der Waals surface area contributed by atoms with Crippen molar-refractivity contribution in [2.24, 2.45) is 11.3 Å². The zero-order valence-electron chi connectivity index (χ0n) is 8.90. The molecule has 0 aromatic carbocycles. The summed E-state index contributed by atoms with van der Waals surface area (Å²) in [5.41, 5.74) is 0.000278. The van der Waals surface area contributed by atoms with Crippen molar-refractivity contribution < 1.29 is 4.79 Å². The molecule has 12 heavy (non-hydrogen) atoms. The fourth-order valence-electron chi connectivity index (χ4n) is 1.91. The van der Waals surface area contributed by atoms with Crippen molar-refractivity contribution >= 4 is 13.9 Å². The quantitative estimate of drug-likeness (QED) is 0.603. The fourth-order valence-corrected chi connectivity index (χ4v) is 4.04. The molecule has 0 saturated heterocycles. The molecular formula is C10H20OSi. The smallest absolute Gasteiger partial charge is 0.139 e. The molecule has 0 aromatic rings. The summed E-state index contributed by atoms with van der Waals surface area (Å²) in [6, 6.07) is 1.31. The van der Waals surface area contributed by atoms with E-state index in [0.717, 1.165) is 6.42 Å². The average molecular weight is 184 g/mol. The highest BCUT2D eigenvalue weighted by atomic mass is 28.3. The molecule has 70 valence electrons. The maximum Gasteiger partial charge on any atom is 0.139 e. The molecule has 1 aliphatic rings. The van der Waals surface area contributed by atoms with Gasteiger partial charge in [-0.1, -0.05) is 39.5 Å². The van der Waals surface area contributed by atoms with Crippen LogP contribution in [0.25, 0.3) is 0 Å². The molecule has 1 aliphatic carbocycles. The van der Waals surface area contributed by atoms with Gasteiger partial charge in [-0.05, 0) is 5.92 Å². The summed E-state index contributed by atoms with van der Waals surface area (Å²) < 4.78 is 0. The Morgan fingerprint density at radius 3 is 2.17 bits per heavy atom. The molecule has 0 amide bonds. The van der Waals surface area contributed by atoms with Crippen molar-refractivity contribution in [2.75, 3.05) is 0 Å². The third-order valence-corrected chi connectivity index (χ3v) is 4.75. The van der Waals surface area contributed by atoms with E-state index in [4.69, 9.17) is 0 Å². The summed E-state index contributed by atoms with van der Waals surface area (Å²) in [5.74, 6) is 1.14. The first kappa shape index (κ1) is 9.97. The van der Waals surface area contributed by atoms with Crippen molar-refractivity contribution in [3.63, 3.8) is 0 Å². The first-order chi connectivity index (χ1) is 5.23. The van der Waals surface area contributed by atoms with Gasteiger partial charge in [0.25, 0.3) is 0 Å². The third-order valence-electron chi connectivity index (χ3n) is 3.03. The molecule has 0 radical (unpaired) electrons. The molecule has 0 heterocycles. The minimum atomic E-state index is -0.961. The molecular weight excluding hydrogens is 164 g/mol. The molecule has 1 rings (SSSR count). The summed E-state index contributed by atoms with van der Waals surface area (Å²) in [4.78, 5) is 11.3. The van der Waals surface area contributed by atoms with Crippen molar-refractivity contribution in [1.29, 1.82) is 0 Å². The topological polar surface area (TPSA) is 17.1 Å². The Balaban J connectivity index is 2.54. The van der Waals surface area contributed by atoms with Gasteiger partial charge < -0.3 is 0 Å². The van der Waals surface area contributed by atoms with E-state index in [1.54, 1.807) is 0 Å². The highest BCUT2D eigenvalue weighted by molar-refractivity contribution is 6.76. The monoisotopic (exact) mass is 184 g/mol. The summed E-state index contributed by atoms with van der Waals surface area (Å²) >= 11 is 0. The molecule has 0 N–H and O–H groups in total. The number of rotatable bonds is 2. The van der Waals surface area contributed by atoms with Crippen LogP contribution in [0.3, 0.4) is 0 Å². The Bertz CT molecular complexity index is 200. The maximum atomic E-state index is 11.3. The van der Waals surface area contributed by atoms with Gasteiger partial charge in [-0.15, -0.1) is 0 Å². The second-order valence-corrected chi connectivity index (χ2v) is 11.3. The van der Waals surface area contributed by atoms with Crippen LogP contribution in [0.4, 0.5) is 0 Å². The van der Waals surface area contributed by atoms with Crippen LogP contribution in [0, 0.1) is 11.3 Å². The van der Waals surface area contributed by atoms with Gasteiger partial charge in [0.2, 0.25) is 0 Å². The van der Waals surface area contributed by atoms with Crippen LogP contribution < -0.4 is 0 Å². The first-order valence-corrected chi connectivity index (χ1v) is 8.47. The first-order valence-electron chi connectivity index (χ1n) is 4.77. The van der Waals surface area contributed by atoms with Crippen LogP contribution >= 0.6 is 0 Å². The fraction of sp³-hybridized carbons (Fsp3) is 0.900. The lowest BCUT2D eigenvalue weighted by Crippen LogP contribution is -2.48. The third kappa shape index (κ3) is 1.79. The van der Waals surface area contributed by atoms with Crippen molar-refractivity contribution in [3.8, 4) is 0 Å². The normalized spacial score (nSPS) is 28.4. The lowest BCUT2D eigenvalue weighted by Gasteiger charge is -2.45. The van der Waals surface area contributed by atoms with Crippen LogP contribution in [0.2, 0.25) is 25.7 Å². The van der Waals surface area contributed by atoms with E-state index < -0.39 is 8.07 Å². The number of ketones is 1. The zero-order chi connectivity index (χ0) is 9.57. The molecule has 0 aliphatic heterocycles. The minimum Gasteiger partial charge on any atom is -0.299 e. The van der Waals surface area contributed by atoms with Crippen LogP contribution in [0.1, 0.15) is 20.3 Å². The zero-order valence-corrected chi connectivity index (χ0v) is 9.90. The molecule has 1 unspecified atom stereocenters. The van der Waals surface area contributed by atoms with Gasteiger partial charge >= 0.3 is 0 Å². The summed E-state index contributed by atoms with van der Waals surface area (Å²) in [6.07, 6.45) is 0.845. The van der Waals surface area contributed by atoms with Crippen LogP contribution in [0.5, 0.6) is 0 Å². The van der Waals surface area contributed by atoms with E-state index in [2.05, 4.69) is 33.5 Å². The summed E-state index contributed by atoms with van der Waals surface area (Å²) in [5, 5.41) is 0. The van der Waals surface area contributed by atoms with E-state index in [1.807, 2.05) is 0 Å². The van der Waals surface area contributed by atoms with Gasteiger partial charge in [-0.2, -0.15) is 0 Å². The molecule has 2 heteroatoms. The van der Waals surface area contributed by atoms with Gasteiger partial charge in [-0.3, -0.25) is 4.79 Å².